The molecular weight excluding hydrogens is 308 g/mol. The van der Waals surface area contributed by atoms with Crippen LogP contribution in [0, 0.1) is 5.92 Å². The van der Waals surface area contributed by atoms with E-state index in [9.17, 15) is 14.7 Å². The van der Waals surface area contributed by atoms with Gasteiger partial charge in [0.25, 0.3) is 5.91 Å². The summed E-state index contributed by atoms with van der Waals surface area (Å²) >= 11 is 0. The number of carbonyl (C=O) groups excluding carboxylic acids is 1. The molecule has 2 aromatic rings. The summed E-state index contributed by atoms with van der Waals surface area (Å²) in [6.45, 7) is 0. The Bertz CT molecular complexity index is 757. The van der Waals surface area contributed by atoms with Crippen molar-refractivity contribution in [2.75, 3.05) is 7.11 Å². The second-order valence-corrected chi connectivity index (χ2v) is 5.76. The molecule has 1 unspecified atom stereocenters. The smallest absolute Gasteiger partial charge is 0.339 e. The van der Waals surface area contributed by atoms with Crippen molar-refractivity contribution < 1.29 is 19.4 Å². The highest BCUT2D eigenvalue weighted by molar-refractivity contribution is 6.02. The molecule has 124 valence electrons. The largest absolute Gasteiger partial charge is 0.495 e. The van der Waals surface area contributed by atoms with Crippen LogP contribution in [0.1, 0.15) is 45.2 Å². The molecule has 24 heavy (non-hydrogen) atoms. The van der Waals surface area contributed by atoms with Gasteiger partial charge >= 0.3 is 5.97 Å². The summed E-state index contributed by atoms with van der Waals surface area (Å²) in [5.41, 5.74) is 1.18. The lowest BCUT2D eigenvalue weighted by Crippen LogP contribution is -2.30. The third-order valence-electron chi connectivity index (χ3n) is 4.14. The lowest BCUT2D eigenvalue weighted by molar-refractivity contribution is 0.0693. The lowest BCUT2D eigenvalue weighted by atomic mass is 10.0. The molecule has 0 bridgehead atoms. The molecule has 0 spiro atoms. The zero-order valence-electron chi connectivity index (χ0n) is 13.2. The van der Waals surface area contributed by atoms with E-state index in [1.165, 1.54) is 13.2 Å². The molecule has 1 aromatic carbocycles. The average molecular weight is 326 g/mol. The molecule has 1 saturated carbocycles. The number of carbonyl (C=O) groups is 2. The fraction of sp³-hybridized carbons (Fsp3) is 0.278. The Hall–Kier alpha value is -2.89. The third kappa shape index (κ3) is 3.22. The van der Waals surface area contributed by atoms with Gasteiger partial charge in [0.05, 0.1) is 18.7 Å². The molecule has 1 fully saturated rings. The zero-order chi connectivity index (χ0) is 17.1. The Morgan fingerprint density at radius 3 is 2.46 bits per heavy atom. The number of benzene rings is 1. The number of nitrogens with one attached hydrogen (secondary N) is 1. The monoisotopic (exact) mass is 326 g/mol. The molecule has 6 nitrogen and oxygen atoms in total. The van der Waals surface area contributed by atoms with E-state index in [-0.39, 0.29) is 28.8 Å². The van der Waals surface area contributed by atoms with Gasteiger partial charge in [0, 0.05) is 12.4 Å². The number of nitrogens with zero attached hydrogens (tertiary/aromatic N) is 1. The van der Waals surface area contributed by atoms with E-state index in [0.717, 1.165) is 18.4 Å². The van der Waals surface area contributed by atoms with Gasteiger partial charge < -0.3 is 15.2 Å². The van der Waals surface area contributed by atoms with E-state index in [1.807, 2.05) is 12.1 Å². The number of aromatic carboxylic acids is 1. The van der Waals surface area contributed by atoms with Crippen LogP contribution in [0.3, 0.4) is 0 Å². The minimum absolute atomic E-state index is 0.0305. The molecule has 1 aliphatic carbocycles. The maximum atomic E-state index is 12.7. The number of hydrogen-bond donors (Lipinski definition) is 2. The van der Waals surface area contributed by atoms with Gasteiger partial charge in [0.2, 0.25) is 0 Å². The van der Waals surface area contributed by atoms with Crippen LogP contribution in [0.15, 0.2) is 42.7 Å². The molecule has 1 heterocycles. The number of hydrogen-bond acceptors (Lipinski definition) is 4. The Balaban J connectivity index is 1.89. The molecule has 6 heteroatoms. The van der Waals surface area contributed by atoms with Crippen LogP contribution in [-0.4, -0.2) is 29.1 Å². The van der Waals surface area contributed by atoms with E-state index in [2.05, 4.69) is 10.3 Å². The van der Waals surface area contributed by atoms with E-state index in [1.54, 1.807) is 24.5 Å². The van der Waals surface area contributed by atoms with E-state index >= 15 is 0 Å². The Labute approximate surface area is 139 Å². The topological polar surface area (TPSA) is 88.5 Å². The summed E-state index contributed by atoms with van der Waals surface area (Å²) < 4.78 is 5.17. The van der Waals surface area contributed by atoms with Crippen LogP contribution in [0.4, 0.5) is 0 Å². The Morgan fingerprint density at radius 1 is 1.21 bits per heavy atom. The normalized spacial score (nSPS) is 14.7. The van der Waals surface area contributed by atoms with Crippen molar-refractivity contribution in [1.29, 1.82) is 0 Å². The van der Waals surface area contributed by atoms with Crippen molar-refractivity contribution in [3.05, 3.63) is 59.4 Å². The van der Waals surface area contributed by atoms with Gasteiger partial charge in [-0.15, -0.1) is 0 Å². The fourth-order valence-corrected chi connectivity index (χ4v) is 2.80. The molecule has 0 aliphatic heterocycles. The van der Waals surface area contributed by atoms with Gasteiger partial charge in [-0.2, -0.15) is 0 Å². The molecule has 1 amide bonds. The van der Waals surface area contributed by atoms with Gasteiger partial charge in [0.15, 0.2) is 0 Å². The van der Waals surface area contributed by atoms with Gasteiger partial charge in [-0.25, -0.2) is 4.79 Å². The maximum Gasteiger partial charge on any atom is 0.339 e. The van der Waals surface area contributed by atoms with Crippen LogP contribution in [-0.2, 0) is 0 Å². The third-order valence-corrected chi connectivity index (χ3v) is 4.14. The highest BCUT2D eigenvalue weighted by atomic mass is 16.5. The highest BCUT2D eigenvalue weighted by Crippen LogP contribution is 2.41. The van der Waals surface area contributed by atoms with Gasteiger partial charge in [0.1, 0.15) is 11.3 Å². The first kappa shape index (κ1) is 16.0. The SMILES string of the molecule is COc1c(C(=O)O)cccc1C(=O)NC(c1ccncc1)C1CC1. The van der Waals surface area contributed by atoms with Crippen molar-refractivity contribution in [3.63, 3.8) is 0 Å². The quantitative estimate of drug-likeness (QED) is 0.852. The number of para-hydroxylation sites is 1. The predicted molar refractivity (Wildman–Crippen MR) is 87.1 cm³/mol. The highest BCUT2D eigenvalue weighted by Gasteiger charge is 2.34. The van der Waals surface area contributed by atoms with Gasteiger partial charge in [-0.05, 0) is 48.6 Å². The van der Waals surface area contributed by atoms with Gasteiger partial charge in [-0.3, -0.25) is 9.78 Å². The van der Waals surface area contributed by atoms with Crippen molar-refractivity contribution >= 4 is 11.9 Å². The number of methoxy groups -OCH3 is 1. The molecule has 0 radical (unpaired) electrons. The summed E-state index contributed by atoms with van der Waals surface area (Å²) in [5, 5.41) is 12.3. The zero-order valence-corrected chi connectivity index (χ0v) is 13.2. The minimum Gasteiger partial charge on any atom is -0.495 e. The van der Waals surface area contributed by atoms with E-state index in [0.29, 0.717) is 5.92 Å². The first-order valence-corrected chi connectivity index (χ1v) is 7.73. The standard InChI is InChI=1S/C18H18N2O4/c1-24-16-13(3-2-4-14(16)18(22)23)17(21)20-15(11-5-6-11)12-7-9-19-10-8-12/h2-4,7-11,15H,5-6H2,1H3,(H,20,21)(H,22,23). The average Bonchev–Trinajstić information content (AvgIpc) is 3.44. The number of ether oxygens (including phenoxy) is 1. The first-order valence-electron chi connectivity index (χ1n) is 7.73. The summed E-state index contributed by atoms with van der Waals surface area (Å²) in [6, 6.07) is 8.18. The minimum atomic E-state index is -1.13. The molecule has 1 aromatic heterocycles. The summed E-state index contributed by atoms with van der Waals surface area (Å²) in [4.78, 5) is 28.0. The van der Waals surface area contributed by atoms with Crippen molar-refractivity contribution in [1.82, 2.24) is 10.3 Å². The first-order chi connectivity index (χ1) is 11.6. The number of carboxylic acid groups (broad SMARTS) is 1. The predicted octanol–water partition coefficient (Wildman–Crippen LogP) is 2.67. The second-order valence-electron chi connectivity index (χ2n) is 5.76. The number of carboxylic acids is 1. The Kier molecular flexibility index (Phi) is 4.46. The maximum absolute atomic E-state index is 12.7. The summed E-state index contributed by atoms with van der Waals surface area (Å²) in [6.07, 6.45) is 5.50. The van der Waals surface area contributed by atoms with E-state index in [4.69, 9.17) is 4.74 Å². The lowest BCUT2D eigenvalue weighted by Gasteiger charge is -2.20. The summed E-state index contributed by atoms with van der Waals surface area (Å²) in [7, 11) is 1.36. The molecule has 2 N–H and O–H groups in total. The fourth-order valence-electron chi connectivity index (χ4n) is 2.80. The van der Waals surface area contributed by atoms with Crippen LogP contribution < -0.4 is 10.1 Å². The van der Waals surface area contributed by atoms with Gasteiger partial charge in [-0.1, -0.05) is 6.07 Å². The van der Waals surface area contributed by atoms with Crippen molar-refractivity contribution in [2.24, 2.45) is 5.92 Å². The summed E-state index contributed by atoms with van der Waals surface area (Å²) in [5.74, 6) is -1.00. The van der Waals surface area contributed by atoms with Crippen molar-refractivity contribution in [3.8, 4) is 5.75 Å². The Morgan fingerprint density at radius 2 is 1.88 bits per heavy atom. The number of pyridine rings is 1. The molecule has 0 saturated heterocycles. The van der Waals surface area contributed by atoms with Crippen LogP contribution >= 0.6 is 0 Å². The number of amides is 1. The molecular formula is C18H18N2O4. The van der Waals surface area contributed by atoms with E-state index < -0.39 is 5.97 Å². The number of aromatic nitrogens is 1. The molecule has 1 aliphatic rings. The van der Waals surface area contributed by atoms with Crippen LogP contribution in [0.2, 0.25) is 0 Å². The molecule has 1 atom stereocenters. The number of rotatable bonds is 6. The van der Waals surface area contributed by atoms with Crippen molar-refractivity contribution in [2.45, 2.75) is 18.9 Å². The van der Waals surface area contributed by atoms with Crippen LogP contribution in [0.5, 0.6) is 5.75 Å². The van der Waals surface area contributed by atoms with Crippen LogP contribution in [0.25, 0.3) is 0 Å². The molecule has 3 rings (SSSR count). The second kappa shape index (κ2) is 6.70.